The van der Waals surface area contributed by atoms with Crippen molar-refractivity contribution >= 4 is 21.8 Å². The van der Waals surface area contributed by atoms with Gasteiger partial charge in [0.2, 0.25) is 0 Å². The molecule has 0 saturated carbocycles. The van der Waals surface area contributed by atoms with E-state index in [9.17, 15) is 4.79 Å². The molecule has 1 aromatic carbocycles. The number of aromatic amines is 1. The number of aliphatic hydroxyl groups is 1. The first kappa shape index (κ1) is 15.4. The summed E-state index contributed by atoms with van der Waals surface area (Å²) in [5, 5.41) is 16.4. The second kappa shape index (κ2) is 6.03. The average molecular weight is 326 g/mol. The van der Waals surface area contributed by atoms with Crippen LogP contribution in [0, 0.1) is 6.92 Å². The van der Waals surface area contributed by atoms with E-state index in [1.165, 1.54) is 0 Å². The third-order valence-corrected chi connectivity index (χ3v) is 5.02. The molecular formula is C18H22N4O2. The van der Waals surface area contributed by atoms with E-state index in [0.29, 0.717) is 11.7 Å². The SMILES string of the molecule is Cc1ccc2c(c1)c(=O)[nH]c1nn(C3CCN(CCO)CC3)cc12. The number of rotatable bonds is 3. The summed E-state index contributed by atoms with van der Waals surface area (Å²) in [6.45, 7) is 4.89. The van der Waals surface area contributed by atoms with Gasteiger partial charge in [0.15, 0.2) is 5.65 Å². The zero-order chi connectivity index (χ0) is 16.7. The van der Waals surface area contributed by atoms with Crippen molar-refractivity contribution in [2.75, 3.05) is 26.2 Å². The number of likely N-dealkylation sites (tertiary alicyclic amines) is 1. The Hall–Kier alpha value is -2.18. The van der Waals surface area contributed by atoms with Crippen LogP contribution in [0.5, 0.6) is 0 Å². The Bertz CT molecular complexity index is 935. The standard InChI is InChI=1S/C18H22N4O2/c1-12-2-3-14-15(10-12)18(24)19-17-16(14)11-22(20-17)13-4-6-21(7-5-13)8-9-23/h2-3,10-11,13,23H,4-9H2,1H3,(H,19,20,24). The third kappa shape index (κ3) is 2.61. The summed E-state index contributed by atoms with van der Waals surface area (Å²) in [7, 11) is 0. The minimum Gasteiger partial charge on any atom is -0.395 e. The topological polar surface area (TPSA) is 74.2 Å². The minimum absolute atomic E-state index is 0.0794. The van der Waals surface area contributed by atoms with Gasteiger partial charge < -0.3 is 15.0 Å². The van der Waals surface area contributed by atoms with Crippen molar-refractivity contribution in [3.63, 3.8) is 0 Å². The van der Waals surface area contributed by atoms with E-state index in [1.54, 1.807) is 0 Å². The summed E-state index contributed by atoms with van der Waals surface area (Å²) in [5.41, 5.74) is 1.66. The number of piperidine rings is 1. The molecular weight excluding hydrogens is 304 g/mol. The maximum Gasteiger partial charge on any atom is 0.257 e. The molecule has 0 amide bonds. The molecule has 0 atom stereocenters. The Morgan fingerprint density at radius 3 is 2.79 bits per heavy atom. The second-order valence-corrected chi connectivity index (χ2v) is 6.67. The number of H-pyrrole nitrogens is 1. The van der Waals surface area contributed by atoms with Crippen molar-refractivity contribution in [3.8, 4) is 0 Å². The molecule has 0 unspecified atom stereocenters. The lowest BCUT2D eigenvalue weighted by Crippen LogP contribution is -2.36. The molecule has 6 heteroatoms. The molecule has 1 fully saturated rings. The van der Waals surface area contributed by atoms with Gasteiger partial charge in [-0.1, -0.05) is 17.7 Å². The van der Waals surface area contributed by atoms with Gasteiger partial charge in [-0.15, -0.1) is 0 Å². The Labute approximate surface area is 139 Å². The van der Waals surface area contributed by atoms with Crippen LogP contribution < -0.4 is 5.56 Å². The minimum atomic E-state index is -0.0794. The summed E-state index contributed by atoms with van der Waals surface area (Å²) >= 11 is 0. The van der Waals surface area contributed by atoms with Crippen molar-refractivity contribution in [1.29, 1.82) is 0 Å². The maximum atomic E-state index is 12.3. The zero-order valence-electron chi connectivity index (χ0n) is 13.8. The number of β-amino-alcohol motifs (C(OH)–C–C–N with tert-alkyl or cyclic N) is 1. The zero-order valence-corrected chi connectivity index (χ0v) is 13.8. The fraction of sp³-hybridized carbons (Fsp3) is 0.444. The third-order valence-electron chi connectivity index (χ3n) is 5.02. The number of nitrogens with one attached hydrogen (secondary N) is 1. The highest BCUT2D eigenvalue weighted by molar-refractivity contribution is 6.04. The molecule has 126 valence electrons. The van der Waals surface area contributed by atoms with Gasteiger partial charge in [0.05, 0.1) is 12.6 Å². The highest BCUT2D eigenvalue weighted by atomic mass is 16.3. The number of nitrogens with zero attached hydrogens (tertiary/aromatic N) is 3. The first-order valence-electron chi connectivity index (χ1n) is 8.50. The fourth-order valence-corrected chi connectivity index (χ4v) is 3.67. The van der Waals surface area contributed by atoms with Crippen LogP contribution in [0.25, 0.3) is 21.8 Å². The predicted octanol–water partition coefficient (Wildman–Crippen LogP) is 1.82. The van der Waals surface area contributed by atoms with E-state index in [1.807, 2.05) is 29.8 Å². The molecule has 0 aliphatic carbocycles. The van der Waals surface area contributed by atoms with Crippen molar-refractivity contribution < 1.29 is 5.11 Å². The van der Waals surface area contributed by atoms with E-state index in [0.717, 1.165) is 54.2 Å². The number of fused-ring (bicyclic) bond motifs is 3. The van der Waals surface area contributed by atoms with Gasteiger partial charge in [-0.25, -0.2) is 0 Å². The summed E-state index contributed by atoms with van der Waals surface area (Å²) in [5.74, 6) is 0. The summed E-state index contributed by atoms with van der Waals surface area (Å²) in [4.78, 5) is 17.5. The van der Waals surface area contributed by atoms with Gasteiger partial charge in [0.25, 0.3) is 5.56 Å². The molecule has 3 aromatic rings. The predicted molar refractivity (Wildman–Crippen MR) is 94.4 cm³/mol. The fourth-order valence-electron chi connectivity index (χ4n) is 3.67. The van der Waals surface area contributed by atoms with Crippen LogP contribution >= 0.6 is 0 Å². The van der Waals surface area contributed by atoms with E-state index in [4.69, 9.17) is 5.11 Å². The van der Waals surface area contributed by atoms with Crippen molar-refractivity contribution in [1.82, 2.24) is 19.7 Å². The smallest absolute Gasteiger partial charge is 0.257 e. The quantitative estimate of drug-likeness (QED) is 0.770. The molecule has 0 spiro atoms. The molecule has 2 N–H and O–H groups in total. The van der Waals surface area contributed by atoms with Gasteiger partial charge in [-0.3, -0.25) is 9.48 Å². The van der Waals surface area contributed by atoms with E-state index >= 15 is 0 Å². The number of pyridine rings is 1. The summed E-state index contributed by atoms with van der Waals surface area (Å²) < 4.78 is 2.01. The van der Waals surface area contributed by atoms with Crippen LogP contribution in [-0.2, 0) is 0 Å². The lowest BCUT2D eigenvalue weighted by atomic mass is 10.1. The molecule has 1 saturated heterocycles. The van der Waals surface area contributed by atoms with Crippen LogP contribution in [-0.4, -0.2) is 51.0 Å². The first-order chi connectivity index (χ1) is 11.7. The summed E-state index contributed by atoms with van der Waals surface area (Å²) in [6.07, 6.45) is 4.08. The highest BCUT2D eigenvalue weighted by Crippen LogP contribution is 2.26. The largest absolute Gasteiger partial charge is 0.395 e. The molecule has 1 aliphatic heterocycles. The molecule has 0 bridgehead atoms. The van der Waals surface area contributed by atoms with Gasteiger partial charge >= 0.3 is 0 Å². The molecule has 1 aliphatic rings. The number of aromatic nitrogens is 3. The number of aryl methyl sites for hydroxylation is 1. The first-order valence-corrected chi connectivity index (χ1v) is 8.50. The maximum absolute atomic E-state index is 12.3. The van der Waals surface area contributed by atoms with Gasteiger partial charge in [0.1, 0.15) is 0 Å². The van der Waals surface area contributed by atoms with Crippen molar-refractivity contribution in [3.05, 3.63) is 40.3 Å². The Morgan fingerprint density at radius 2 is 2.04 bits per heavy atom. The molecule has 24 heavy (non-hydrogen) atoms. The average Bonchev–Trinajstić information content (AvgIpc) is 3.00. The molecule has 6 nitrogen and oxygen atoms in total. The van der Waals surface area contributed by atoms with Crippen LogP contribution in [0.1, 0.15) is 24.4 Å². The number of aliphatic hydroxyl groups excluding tert-OH is 1. The Balaban J connectivity index is 1.71. The normalized spacial score (nSPS) is 17.1. The van der Waals surface area contributed by atoms with E-state index < -0.39 is 0 Å². The molecule has 3 heterocycles. The number of benzene rings is 1. The van der Waals surface area contributed by atoms with Crippen LogP contribution in [0.2, 0.25) is 0 Å². The van der Waals surface area contributed by atoms with Crippen molar-refractivity contribution in [2.24, 2.45) is 0 Å². The molecule has 4 rings (SSSR count). The van der Waals surface area contributed by atoms with E-state index in [-0.39, 0.29) is 12.2 Å². The van der Waals surface area contributed by atoms with Gasteiger partial charge in [0, 0.05) is 36.6 Å². The summed E-state index contributed by atoms with van der Waals surface area (Å²) in [6, 6.07) is 6.32. The van der Waals surface area contributed by atoms with Crippen LogP contribution in [0.4, 0.5) is 0 Å². The lowest BCUT2D eigenvalue weighted by Gasteiger charge is -2.31. The second-order valence-electron chi connectivity index (χ2n) is 6.67. The van der Waals surface area contributed by atoms with E-state index in [2.05, 4.69) is 21.2 Å². The van der Waals surface area contributed by atoms with Crippen LogP contribution in [0.3, 0.4) is 0 Å². The molecule has 0 radical (unpaired) electrons. The van der Waals surface area contributed by atoms with Gasteiger partial charge in [-0.05, 0) is 31.2 Å². The number of hydrogen-bond acceptors (Lipinski definition) is 4. The lowest BCUT2D eigenvalue weighted by molar-refractivity contribution is 0.146. The Morgan fingerprint density at radius 1 is 1.25 bits per heavy atom. The monoisotopic (exact) mass is 326 g/mol. The highest BCUT2D eigenvalue weighted by Gasteiger charge is 2.21. The number of hydrogen-bond donors (Lipinski definition) is 2. The Kier molecular flexibility index (Phi) is 3.86. The van der Waals surface area contributed by atoms with Crippen molar-refractivity contribution in [2.45, 2.75) is 25.8 Å². The molecule has 2 aromatic heterocycles. The van der Waals surface area contributed by atoms with Gasteiger partial charge in [-0.2, -0.15) is 5.10 Å². The van der Waals surface area contributed by atoms with Crippen LogP contribution in [0.15, 0.2) is 29.2 Å².